The third kappa shape index (κ3) is 2.02. The Balaban J connectivity index is 3.13. The molecule has 0 saturated carbocycles. The maximum absolute atomic E-state index is 11.3. The van der Waals surface area contributed by atoms with Gasteiger partial charge in [-0.25, -0.2) is 0 Å². The zero-order valence-electron chi connectivity index (χ0n) is 8.54. The molecule has 0 aliphatic rings. The average Bonchev–Trinajstić information content (AvgIpc) is 2.26. The third-order valence-corrected chi connectivity index (χ3v) is 2.13. The molecule has 0 amide bonds. The Kier molecular flexibility index (Phi) is 3.46. The number of hydrogen-bond acceptors (Lipinski definition) is 2. The van der Waals surface area contributed by atoms with Crippen LogP contribution in [0.2, 0.25) is 0 Å². The Labute approximate surface area is 84.2 Å². The van der Waals surface area contributed by atoms with E-state index in [9.17, 15) is 4.79 Å². The first-order chi connectivity index (χ1) is 6.72. The van der Waals surface area contributed by atoms with Crippen LogP contribution in [0.5, 0.6) is 5.75 Å². The van der Waals surface area contributed by atoms with Crippen molar-refractivity contribution in [3.63, 3.8) is 0 Å². The summed E-state index contributed by atoms with van der Waals surface area (Å²) in [5.74, 6) is 0.774. The van der Waals surface area contributed by atoms with Crippen molar-refractivity contribution in [2.24, 2.45) is 0 Å². The van der Waals surface area contributed by atoms with Crippen molar-refractivity contribution in [2.75, 3.05) is 7.11 Å². The van der Waals surface area contributed by atoms with Crippen LogP contribution in [0.15, 0.2) is 30.9 Å². The van der Waals surface area contributed by atoms with E-state index in [2.05, 4.69) is 6.58 Å². The van der Waals surface area contributed by atoms with Crippen molar-refractivity contribution in [1.29, 1.82) is 0 Å². The van der Waals surface area contributed by atoms with Gasteiger partial charge in [0, 0.05) is 5.56 Å². The van der Waals surface area contributed by atoms with Gasteiger partial charge >= 0.3 is 0 Å². The molecule has 0 saturated heterocycles. The van der Waals surface area contributed by atoms with E-state index in [4.69, 9.17) is 4.74 Å². The number of rotatable bonds is 4. The summed E-state index contributed by atoms with van der Waals surface area (Å²) in [5, 5.41) is 0. The Bertz CT molecular complexity index is 353. The van der Waals surface area contributed by atoms with E-state index >= 15 is 0 Å². The van der Waals surface area contributed by atoms with Crippen LogP contribution in [-0.4, -0.2) is 12.9 Å². The molecule has 0 aromatic heterocycles. The quantitative estimate of drug-likeness (QED) is 0.539. The topological polar surface area (TPSA) is 26.3 Å². The van der Waals surface area contributed by atoms with E-state index in [1.165, 1.54) is 6.08 Å². The summed E-state index contributed by atoms with van der Waals surface area (Å²) >= 11 is 0. The molecule has 0 N–H and O–H groups in total. The van der Waals surface area contributed by atoms with Gasteiger partial charge in [0.05, 0.1) is 7.11 Å². The Morgan fingerprint density at radius 2 is 2.29 bits per heavy atom. The summed E-state index contributed by atoms with van der Waals surface area (Å²) in [6, 6.07) is 5.42. The minimum absolute atomic E-state index is 0.0534. The second-order valence-electron chi connectivity index (χ2n) is 2.95. The van der Waals surface area contributed by atoms with Gasteiger partial charge in [0.25, 0.3) is 0 Å². The van der Waals surface area contributed by atoms with E-state index in [1.807, 2.05) is 19.1 Å². The zero-order valence-corrected chi connectivity index (χ0v) is 8.54. The first-order valence-corrected chi connectivity index (χ1v) is 4.56. The Hall–Kier alpha value is -1.57. The highest BCUT2D eigenvalue weighted by Crippen LogP contribution is 2.20. The predicted octanol–water partition coefficient (Wildman–Crippen LogP) is 2.63. The van der Waals surface area contributed by atoms with E-state index in [1.54, 1.807) is 13.2 Å². The summed E-state index contributed by atoms with van der Waals surface area (Å²) in [5.41, 5.74) is 1.71. The normalized spacial score (nSPS) is 9.57. The molecule has 0 unspecified atom stereocenters. The second kappa shape index (κ2) is 4.61. The highest BCUT2D eigenvalue weighted by molar-refractivity contribution is 6.04. The monoisotopic (exact) mass is 190 g/mol. The zero-order chi connectivity index (χ0) is 10.6. The molecular weight excluding hydrogens is 176 g/mol. The molecule has 0 bridgehead atoms. The molecule has 74 valence electrons. The smallest absolute Gasteiger partial charge is 0.185 e. The van der Waals surface area contributed by atoms with E-state index < -0.39 is 0 Å². The Morgan fingerprint density at radius 3 is 2.79 bits per heavy atom. The number of benzene rings is 1. The lowest BCUT2D eigenvalue weighted by atomic mass is 10.0. The van der Waals surface area contributed by atoms with Gasteiger partial charge in [-0.05, 0) is 36.3 Å². The maximum Gasteiger partial charge on any atom is 0.185 e. The number of hydrogen-bond donors (Lipinski definition) is 0. The van der Waals surface area contributed by atoms with Crippen LogP contribution in [0, 0.1) is 0 Å². The van der Waals surface area contributed by atoms with Crippen LogP contribution in [0.25, 0.3) is 0 Å². The molecule has 0 spiro atoms. The third-order valence-electron chi connectivity index (χ3n) is 2.13. The molecule has 1 aromatic carbocycles. The summed E-state index contributed by atoms with van der Waals surface area (Å²) in [7, 11) is 1.63. The van der Waals surface area contributed by atoms with E-state index in [0.717, 1.165) is 17.7 Å². The highest BCUT2D eigenvalue weighted by atomic mass is 16.5. The molecule has 0 atom stereocenters. The SMILES string of the molecule is C=CC(=O)c1ccc(OC)c(CC)c1. The first-order valence-electron chi connectivity index (χ1n) is 4.56. The first kappa shape index (κ1) is 10.5. The molecule has 0 aliphatic heterocycles. The minimum atomic E-state index is -0.0534. The molecule has 0 aliphatic carbocycles. The Morgan fingerprint density at radius 1 is 1.57 bits per heavy atom. The molecule has 2 nitrogen and oxygen atoms in total. The lowest BCUT2D eigenvalue weighted by Crippen LogP contribution is -1.97. The van der Waals surface area contributed by atoms with Gasteiger partial charge in [0.2, 0.25) is 0 Å². The number of ether oxygens (including phenoxy) is 1. The van der Waals surface area contributed by atoms with Crippen molar-refractivity contribution >= 4 is 5.78 Å². The number of aryl methyl sites for hydroxylation is 1. The summed E-state index contributed by atoms with van der Waals surface area (Å²) in [4.78, 5) is 11.3. The number of carbonyl (C=O) groups is 1. The fourth-order valence-corrected chi connectivity index (χ4v) is 1.33. The molecule has 14 heavy (non-hydrogen) atoms. The number of carbonyl (C=O) groups excluding carboxylic acids is 1. The largest absolute Gasteiger partial charge is 0.496 e. The van der Waals surface area contributed by atoms with Crippen LogP contribution in [0.3, 0.4) is 0 Å². The van der Waals surface area contributed by atoms with Crippen molar-refractivity contribution < 1.29 is 9.53 Å². The van der Waals surface area contributed by atoms with Crippen molar-refractivity contribution in [3.8, 4) is 5.75 Å². The molecule has 1 rings (SSSR count). The molecule has 0 heterocycles. The number of methoxy groups -OCH3 is 1. The molecule has 2 heteroatoms. The lowest BCUT2D eigenvalue weighted by Gasteiger charge is -2.07. The number of ketones is 1. The van der Waals surface area contributed by atoms with Gasteiger partial charge in [-0.1, -0.05) is 13.5 Å². The van der Waals surface area contributed by atoms with Crippen LogP contribution in [0.4, 0.5) is 0 Å². The standard InChI is InChI=1S/C12H14O2/c1-4-9-8-10(11(13)5-2)6-7-12(9)14-3/h5-8H,2,4H2,1,3H3. The van der Waals surface area contributed by atoms with Crippen LogP contribution >= 0.6 is 0 Å². The fourth-order valence-electron chi connectivity index (χ4n) is 1.33. The van der Waals surface area contributed by atoms with Crippen molar-refractivity contribution in [2.45, 2.75) is 13.3 Å². The maximum atomic E-state index is 11.3. The van der Waals surface area contributed by atoms with Crippen LogP contribution < -0.4 is 4.74 Å². The van der Waals surface area contributed by atoms with Crippen molar-refractivity contribution in [1.82, 2.24) is 0 Å². The molecule has 1 aromatic rings. The summed E-state index contributed by atoms with van der Waals surface area (Å²) in [6.45, 7) is 5.48. The fraction of sp³-hybridized carbons (Fsp3) is 0.250. The van der Waals surface area contributed by atoms with Crippen LogP contribution in [-0.2, 0) is 6.42 Å². The van der Waals surface area contributed by atoms with Crippen molar-refractivity contribution in [3.05, 3.63) is 42.0 Å². The van der Waals surface area contributed by atoms with Gasteiger partial charge in [0.15, 0.2) is 5.78 Å². The highest BCUT2D eigenvalue weighted by Gasteiger charge is 2.05. The lowest BCUT2D eigenvalue weighted by molar-refractivity contribution is 0.104. The average molecular weight is 190 g/mol. The van der Waals surface area contributed by atoms with E-state index in [0.29, 0.717) is 5.56 Å². The molecule has 0 radical (unpaired) electrons. The summed E-state index contributed by atoms with van der Waals surface area (Å²) < 4.78 is 5.17. The molecule has 0 fully saturated rings. The van der Waals surface area contributed by atoms with E-state index in [-0.39, 0.29) is 5.78 Å². The van der Waals surface area contributed by atoms with Gasteiger partial charge < -0.3 is 4.74 Å². The van der Waals surface area contributed by atoms with Gasteiger partial charge in [-0.2, -0.15) is 0 Å². The minimum Gasteiger partial charge on any atom is -0.496 e. The molecular formula is C12H14O2. The van der Waals surface area contributed by atoms with Gasteiger partial charge in [-0.3, -0.25) is 4.79 Å². The summed E-state index contributed by atoms with van der Waals surface area (Å²) in [6.07, 6.45) is 2.17. The second-order valence-corrected chi connectivity index (χ2v) is 2.95. The van der Waals surface area contributed by atoms with Crippen LogP contribution in [0.1, 0.15) is 22.8 Å². The van der Waals surface area contributed by atoms with Gasteiger partial charge in [0.1, 0.15) is 5.75 Å². The van der Waals surface area contributed by atoms with Gasteiger partial charge in [-0.15, -0.1) is 0 Å². The predicted molar refractivity (Wildman–Crippen MR) is 56.9 cm³/mol. The number of allylic oxidation sites excluding steroid dienone is 1.